The molecule has 25 heavy (non-hydrogen) atoms. The van der Waals surface area contributed by atoms with Crippen molar-refractivity contribution in [3.05, 3.63) is 74.4 Å². The van der Waals surface area contributed by atoms with Crippen molar-refractivity contribution < 1.29 is 13.6 Å². The lowest BCUT2D eigenvalue weighted by Crippen LogP contribution is -2.23. The monoisotopic (exact) mass is 419 g/mol. The summed E-state index contributed by atoms with van der Waals surface area (Å²) in [4.78, 5) is 13.1. The minimum absolute atomic E-state index is 0.164. The van der Waals surface area contributed by atoms with Gasteiger partial charge in [-0.3, -0.25) is 4.79 Å². The molecule has 1 aliphatic rings. The number of hydrogen-bond acceptors (Lipinski definition) is 2. The topological polar surface area (TPSA) is 29.1 Å². The molecule has 1 aromatic heterocycles. The van der Waals surface area contributed by atoms with Gasteiger partial charge in [-0.05, 0) is 29.8 Å². The molecule has 0 spiro atoms. The molecule has 3 aromatic rings. The van der Waals surface area contributed by atoms with Crippen LogP contribution in [0.3, 0.4) is 0 Å². The third-order valence-electron chi connectivity index (χ3n) is 4.29. The first-order valence-electron chi connectivity index (χ1n) is 7.65. The van der Waals surface area contributed by atoms with E-state index in [1.807, 2.05) is 5.38 Å². The largest absolute Gasteiger partial charge is 0.325 e. The van der Waals surface area contributed by atoms with Crippen LogP contribution in [0.2, 0.25) is 0 Å². The first-order chi connectivity index (χ1) is 12.0. The maximum absolute atomic E-state index is 14.4. The van der Waals surface area contributed by atoms with Crippen LogP contribution in [0.5, 0.6) is 0 Å². The molecule has 6 heteroatoms. The van der Waals surface area contributed by atoms with Crippen LogP contribution in [0.25, 0.3) is 11.1 Å². The van der Waals surface area contributed by atoms with Gasteiger partial charge in [0.2, 0.25) is 5.91 Å². The van der Waals surface area contributed by atoms with Gasteiger partial charge in [0.05, 0.1) is 5.69 Å². The van der Waals surface area contributed by atoms with Gasteiger partial charge >= 0.3 is 0 Å². The Kier molecular flexibility index (Phi) is 4.17. The molecule has 126 valence electrons. The van der Waals surface area contributed by atoms with E-state index >= 15 is 0 Å². The highest BCUT2D eigenvalue weighted by atomic mass is 79.9. The van der Waals surface area contributed by atoms with Gasteiger partial charge in [0.1, 0.15) is 11.6 Å². The van der Waals surface area contributed by atoms with Crippen LogP contribution < -0.4 is 5.32 Å². The van der Waals surface area contributed by atoms with Crippen molar-refractivity contribution in [1.29, 1.82) is 0 Å². The SMILES string of the molecule is O=C1C[C@@H](c2cc(Br)ccc2F)c2scc(-c3ccccc3F)c2N1. The van der Waals surface area contributed by atoms with Crippen LogP contribution in [-0.2, 0) is 4.79 Å². The highest BCUT2D eigenvalue weighted by Gasteiger charge is 2.32. The summed E-state index contributed by atoms with van der Waals surface area (Å²) < 4.78 is 29.3. The van der Waals surface area contributed by atoms with E-state index < -0.39 is 0 Å². The Bertz CT molecular complexity index is 985. The summed E-state index contributed by atoms with van der Waals surface area (Å²) in [5.74, 6) is -1.29. The number of anilines is 1. The van der Waals surface area contributed by atoms with Crippen LogP contribution in [0, 0.1) is 11.6 Å². The zero-order chi connectivity index (χ0) is 17.6. The Morgan fingerprint density at radius 1 is 1.08 bits per heavy atom. The zero-order valence-corrected chi connectivity index (χ0v) is 15.3. The second-order valence-corrected chi connectivity index (χ2v) is 7.67. The van der Waals surface area contributed by atoms with Crippen molar-refractivity contribution in [2.45, 2.75) is 12.3 Å². The van der Waals surface area contributed by atoms with Crippen LogP contribution in [0.4, 0.5) is 14.5 Å². The molecule has 2 aromatic carbocycles. The molecule has 2 heterocycles. The van der Waals surface area contributed by atoms with Gasteiger partial charge in [-0.1, -0.05) is 34.1 Å². The summed E-state index contributed by atoms with van der Waals surface area (Å²) in [5, 5.41) is 4.66. The number of hydrogen-bond donors (Lipinski definition) is 1. The number of fused-ring (bicyclic) bond motifs is 1. The van der Waals surface area contributed by atoms with Crippen molar-refractivity contribution in [3.63, 3.8) is 0 Å². The van der Waals surface area contributed by atoms with Crippen LogP contribution in [-0.4, -0.2) is 5.91 Å². The van der Waals surface area contributed by atoms with E-state index in [1.165, 1.54) is 23.5 Å². The molecule has 0 unspecified atom stereocenters. The van der Waals surface area contributed by atoms with E-state index in [-0.39, 0.29) is 29.9 Å². The van der Waals surface area contributed by atoms with E-state index in [2.05, 4.69) is 21.2 Å². The molecule has 0 bridgehead atoms. The van der Waals surface area contributed by atoms with E-state index in [0.29, 0.717) is 22.4 Å². The van der Waals surface area contributed by atoms with Crippen molar-refractivity contribution in [2.75, 3.05) is 5.32 Å². The number of carbonyl (C=O) groups is 1. The van der Waals surface area contributed by atoms with Crippen molar-refractivity contribution in [1.82, 2.24) is 0 Å². The third-order valence-corrected chi connectivity index (χ3v) is 5.88. The molecule has 1 aliphatic heterocycles. The van der Waals surface area contributed by atoms with Crippen molar-refractivity contribution >= 4 is 38.9 Å². The Morgan fingerprint density at radius 3 is 2.68 bits per heavy atom. The third kappa shape index (κ3) is 2.89. The highest BCUT2D eigenvalue weighted by molar-refractivity contribution is 9.10. The highest BCUT2D eigenvalue weighted by Crippen LogP contribution is 2.47. The van der Waals surface area contributed by atoms with Crippen molar-refractivity contribution in [2.24, 2.45) is 0 Å². The molecular formula is C19H12BrF2NOS. The Labute approximate surface area is 155 Å². The Morgan fingerprint density at radius 2 is 1.88 bits per heavy atom. The molecule has 0 saturated carbocycles. The summed E-state index contributed by atoms with van der Waals surface area (Å²) in [6.45, 7) is 0. The van der Waals surface area contributed by atoms with Gasteiger partial charge in [-0.15, -0.1) is 11.3 Å². The fourth-order valence-corrected chi connectivity index (χ4v) is 4.66. The molecule has 4 rings (SSSR count). The van der Waals surface area contributed by atoms with Gasteiger partial charge in [0.25, 0.3) is 0 Å². The molecule has 1 amide bonds. The Hall–Kier alpha value is -2.05. The summed E-state index contributed by atoms with van der Waals surface area (Å²) in [7, 11) is 0. The van der Waals surface area contributed by atoms with Gasteiger partial charge in [-0.2, -0.15) is 0 Å². The van der Waals surface area contributed by atoms with Crippen LogP contribution in [0.1, 0.15) is 22.8 Å². The molecule has 0 fully saturated rings. The second kappa shape index (κ2) is 6.35. The molecule has 1 N–H and O–H groups in total. The lowest BCUT2D eigenvalue weighted by Gasteiger charge is -2.24. The first-order valence-corrected chi connectivity index (χ1v) is 9.33. The number of amides is 1. The van der Waals surface area contributed by atoms with Gasteiger partial charge in [0.15, 0.2) is 0 Å². The van der Waals surface area contributed by atoms with E-state index in [1.54, 1.807) is 30.3 Å². The molecule has 0 radical (unpaired) electrons. The molecule has 0 aliphatic carbocycles. The summed E-state index contributed by atoms with van der Waals surface area (Å²) >= 11 is 4.77. The number of nitrogens with one attached hydrogen (secondary N) is 1. The maximum atomic E-state index is 14.4. The molecule has 2 nitrogen and oxygen atoms in total. The maximum Gasteiger partial charge on any atom is 0.225 e. The predicted molar refractivity (Wildman–Crippen MR) is 98.9 cm³/mol. The van der Waals surface area contributed by atoms with E-state index in [4.69, 9.17) is 0 Å². The average Bonchev–Trinajstić information content (AvgIpc) is 3.00. The molecule has 1 atom stereocenters. The normalized spacial score (nSPS) is 16.4. The Balaban J connectivity index is 1.87. The fraction of sp³-hybridized carbons (Fsp3) is 0.105. The van der Waals surface area contributed by atoms with Crippen LogP contribution in [0.15, 0.2) is 52.3 Å². The number of halogens is 3. The van der Waals surface area contributed by atoms with Crippen molar-refractivity contribution in [3.8, 4) is 11.1 Å². The number of rotatable bonds is 2. The average molecular weight is 420 g/mol. The summed E-state index contributed by atoms with van der Waals surface area (Å²) in [5.41, 5.74) is 2.10. The molecule has 0 saturated heterocycles. The van der Waals surface area contributed by atoms with Gasteiger partial charge in [0, 0.05) is 38.2 Å². The minimum atomic E-state index is -0.383. The van der Waals surface area contributed by atoms with Gasteiger partial charge in [-0.25, -0.2) is 8.78 Å². The zero-order valence-electron chi connectivity index (χ0n) is 12.9. The fourth-order valence-electron chi connectivity index (χ4n) is 3.14. The molecular weight excluding hydrogens is 408 g/mol. The number of benzene rings is 2. The predicted octanol–water partition coefficient (Wildman–Crippen LogP) is 5.93. The number of thiophene rings is 1. The smallest absolute Gasteiger partial charge is 0.225 e. The minimum Gasteiger partial charge on any atom is -0.325 e. The lowest BCUT2D eigenvalue weighted by atomic mass is 9.89. The quantitative estimate of drug-likeness (QED) is 0.547. The number of carbonyl (C=O) groups excluding carboxylic acids is 1. The van der Waals surface area contributed by atoms with E-state index in [9.17, 15) is 13.6 Å². The second-order valence-electron chi connectivity index (χ2n) is 5.84. The summed E-state index contributed by atoms with van der Waals surface area (Å²) in [6, 6.07) is 11.1. The first kappa shape index (κ1) is 16.4. The standard InChI is InChI=1S/C19H12BrF2NOS/c20-10-5-6-16(22)12(7-10)13-8-17(24)23-18-14(9-25-19(13)18)11-3-1-2-4-15(11)21/h1-7,9,13H,8H2,(H,23,24)/t13-/m0/s1. The van der Waals surface area contributed by atoms with Gasteiger partial charge < -0.3 is 5.32 Å². The van der Waals surface area contributed by atoms with E-state index in [0.717, 1.165) is 9.35 Å². The van der Waals surface area contributed by atoms with Crippen LogP contribution >= 0.6 is 27.3 Å². The lowest BCUT2D eigenvalue weighted by molar-refractivity contribution is -0.116. The summed E-state index contributed by atoms with van der Waals surface area (Å²) in [6.07, 6.45) is 0.164.